The fourth-order valence-corrected chi connectivity index (χ4v) is 0.956. The molecule has 0 fully saturated rings. The van der Waals surface area contributed by atoms with Crippen LogP contribution in [0.5, 0.6) is 0 Å². The molecule has 5 heteroatoms. The number of carboxylic acid groups (broad SMARTS) is 1. The van der Waals surface area contributed by atoms with Crippen molar-refractivity contribution in [2.24, 2.45) is 0 Å². The Morgan fingerprint density at radius 1 is 1.38 bits per heavy atom. The van der Waals surface area contributed by atoms with Gasteiger partial charge < -0.3 is 5.11 Å². The van der Waals surface area contributed by atoms with Crippen LogP contribution in [0.4, 0.5) is 0 Å². The molecule has 0 saturated carbocycles. The van der Waals surface area contributed by atoms with Crippen molar-refractivity contribution in [3.8, 4) is 0 Å². The summed E-state index contributed by atoms with van der Waals surface area (Å²) in [7, 11) is -1.96. The van der Waals surface area contributed by atoms with Gasteiger partial charge in [0.05, 0.1) is 0 Å². The average Bonchev–Trinajstić information content (AvgIpc) is 1.82. The minimum Gasteiger partial charge on any atom is -0.479 e. The molecule has 0 rings (SSSR count). The highest BCUT2D eigenvalue weighted by Crippen LogP contribution is 2.36. The average molecular weight is 206 g/mol. The zero-order valence-corrected chi connectivity index (χ0v) is 9.88. The molecule has 0 aromatic heterocycles. The fraction of sp³-hybridized carbons (Fsp3) is 0.875. The SMILES string of the molecule is CC(C)(C)[Si](C)(C)OOCC(=O)O. The van der Waals surface area contributed by atoms with Gasteiger partial charge in [0, 0.05) is 0 Å². The maximum atomic E-state index is 10.1. The van der Waals surface area contributed by atoms with Gasteiger partial charge in [-0.25, -0.2) is 9.68 Å². The van der Waals surface area contributed by atoms with Crippen molar-refractivity contribution in [3.63, 3.8) is 0 Å². The lowest BCUT2D eigenvalue weighted by Gasteiger charge is -2.33. The molecule has 0 spiro atoms. The topological polar surface area (TPSA) is 55.8 Å². The van der Waals surface area contributed by atoms with E-state index in [0.717, 1.165) is 0 Å². The molecule has 0 atom stereocenters. The van der Waals surface area contributed by atoms with E-state index in [1.54, 1.807) is 0 Å². The van der Waals surface area contributed by atoms with Crippen LogP contribution in [0.1, 0.15) is 20.8 Å². The molecule has 0 aromatic rings. The van der Waals surface area contributed by atoms with Crippen molar-refractivity contribution in [1.82, 2.24) is 0 Å². The van der Waals surface area contributed by atoms with E-state index in [-0.39, 0.29) is 5.04 Å². The fourth-order valence-electron chi connectivity index (χ4n) is 0.352. The van der Waals surface area contributed by atoms with Gasteiger partial charge in [-0.2, -0.15) is 0 Å². The standard InChI is InChI=1S/C8H18O4Si/c1-8(2,3)13(4,5)12-11-6-7(9)10/h6H2,1-5H3,(H,9,10). The van der Waals surface area contributed by atoms with Crippen LogP contribution < -0.4 is 0 Å². The van der Waals surface area contributed by atoms with Gasteiger partial charge in [0.2, 0.25) is 8.32 Å². The highest BCUT2D eigenvalue weighted by Gasteiger charge is 2.39. The second-order valence-corrected chi connectivity index (χ2v) is 9.19. The zero-order valence-electron chi connectivity index (χ0n) is 8.88. The summed E-state index contributed by atoms with van der Waals surface area (Å²) < 4.78 is 5.16. The third-order valence-electron chi connectivity index (χ3n) is 2.26. The Hall–Kier alpha value is -0.393. The Labute approximate surface area is 79.9 Å². The lowest BCUT2D eigenvalue weighted by Crippen LogP contribution is -2.41. The highest BCUT2D eigenvalue weighted by molar-refractivity contribution is 6.73. The first-order chi connectivity index (χ1) is 5.67. The van der Waals surface area contributed by atoms with Gasteiger partial charge in [-0.15, -0.1) is 0 Å². The molecule has 0 radical (unpaired) electrons. The maximum Gasteiger partial charge on any atom is 0.332 e. The summed E-state index contributed by atoms with van der Waals surface area (Å²) in [6, 6.07) is 0. The van der Waals surface area contributed by atoms with Crippen LogP contribution in [0, 0.1) is 0 Å². The second-order valence-electron chi connectivity index (χ2n) is 4.50. The van der Waals surface area contributed by atoms with E-state index in [1.165, 1.54) is 0 Å². The molecule has 0 aliphatic carbocycles. The molecule has 0 heterocycles. The van der Waals surface area contributed by atoms with Crippen molar-refractivity contribution in [2.75, 3.05) is 6.61 Å². The predicted octanol–water partition coefficient (Wildman–Crippen LogP) is 2.02. The third kappa shape index (κ3) is 4.40. The number of carboxylic acids is 1. The quantitative estimate of drug-likeness (QED) is 0.434. The van der Waals surface area contributed by atoms with Gasteiger partial charge in [0.15, 0.2) is 6.61 Å². The maximum absolute atomic E-state index is 10.1. The minimum atomic E-state index is -1.96. The van der Waals surface area contributed by atoms with Crippen LogP contribution in [0.2, 0.25) is 18.1 Å². The van der Waals surface area contributed by atoms with Crippen molar-refractivity contribution in [2.45, 2.75) is 38.9 Å². The summed E-state index contributed by atoms with van der Waals surface area (Å²) in [5, 5.41) is 8.36. The van der Waals surface area contributed by atoms with Crippen molar-refractivity contribution >= 4 is 14.3 Å². The Morgan fingerprint density at radius 3 is 2.15 bits per heavy atom. The Balaban J connectivity index is 3.97. The number of aliphatic carboxylic acids is 1. The molecule has 0 aromatic carbocycles. The van der Waals surface area contributed by atoms with E-state index in [9.17, 15) is 4.79 Å². The predicted molar refractivity (Wildman–Crippen MR) is 51.9 cm³/mol. The van der Waals surface area contributed by atoms with Crippen molar-refractivity contribution in [3.05, 3.63) is 0 Å². The molecule has 0 bridgehead atoms. The largest absolute Gasteiger partial charge is 0.479 e. The smallest absolute Gasteiger partial charge is 0.332 e. The number of carbonyl (C=O) groups is 1. The normalized spacial score (nSPS) is 13.0. The summed E-state index contributed by atoms with van der Waals surface area (Å²) in [6.45, 7) is 9.77. The second kappa shape index (κ2) is 4.21. The first-order valence-corrected chi connectivity index (χ1v) is 7.10. The minimum absolute atomic E-state index is 0.0332. The van der Waals surface area contributed by atoms with Gasteiger partial charge in [-0.1, -0.05) is 20.8 Å². The van der Waals surface area contributed by atoms with Gasteiger partial charge in [0.1, 0.15) is 0 Å². The molecule has 0 aliphatic heterocycles. The summed E-state index contributed by atoms with van der Waals surface area (Å²) in [6.07, 6.45) is 0. The Bertz CT molecular complexity index is 183. The van der Waals surface area contributed by atoms with E-state index in [0.29, 0.717) is 0 Å². The summed E-state index contributed by atoms with van der Waals surface area (Å²) in [5.74, 6) is -1.02. The molecular formula is C8H18O4Si. The number of rotatable bonds is 4. The van der Waals surface area contributed by atoms with Crippen LogP contribution in [0.3, 0.4) is 0 Å². The van der Waals surface area contributed by atoms with Gasteiger partial charge in [0.25, 0.3) is 0 Å². The van der Waals surface area contributed by atoms with E-state index in [4.69, 9.17) is 9.68 Å². The number of hydrogen-bond donors (Lipinski definition) is 1. The third-order valence-corrected chi connectivity index (χ3v) is 6.40. The monoisotopic (exact) mass is 206 g/mol. The molecule has 1 N–H and O–H groups in total. The van der Waals surface area contributed by atoms with Crippen LogP contribution in [0.25, 0.3) is 0 Å². The lowest BCUT2D eigenvalue weighted by atomic mass is 10.2. The van der Waals surface area contributed by atoms with E-state index >= 15 is 0 Å². The van der Waals surface area contributed by atoms with Crippen LogP contribution in [-0.4, -0.2) is 26.0 Å². The molecule has 13 heavy (non-hydrogen) atoms. The van der Waals surface area contributed by atoms with Crippen LogP contribution >= 0.6 is 0 Å². The zero-order chi connectivity index (χ0) is 10.7. The molecule has 0 amide bonds. The Morgan fingerprint density at radius 2 is 1.85 bits per heavy atom. The van der Waals surface area contributed by atoms with E-state index in [2.05, 4.69) is 25.7 Å². The summed E-state index contributed by atoms with van der Waals surface area (Å²) >= 11 is 0. The molecule has 0 unspecified atom stereocenters. The molecule has 0 saturated heterocycles. The van der Waals surface area contributed by atoms with E-state index in [1.807, 2.05) is 13.1 Å². The van der Waals surface area contributed by atoms with Gasteiger partial charge in [-0.3, -0.25) is 4.58 Å². The van der Waals surface area contributed by atoms with Crippen LogP contribution in [-0.2, 0) is 14.3 Å². The highest BCUT2D eigenvalue weighted by atomic mass is 28.4. The Kier molecular flexibility index (Phi) is 4.08. The molecule has 0 aliphatic rings. The first kappa shape index (κ1) is 12.6. The van der Waals surface area contributed by atoms with Gasteiger partial charge in [-0.05, 0) is 18.1 Å². The summed E-state index contributed by atoms with van der Waals surface area (Å²) in [5.41, 5.74) is 0. The van der Waals surface area contributed by atoms with E-state index < -0.39 is 20.9 Å². The van der Waals surface area contributed by atoms with Crippen molar-refractivity contribution in [1.29, 1.82) is 0 Å². The first-order valence-electron chi connectivity index (χ1n) is 4.19. The van der Waals surface area contributed by atoms with Crippen LogP contribution in [0.15, 0.2) is 0 Å². The van der Waals surface area contributed by atoms with Gasteiger partial charge >= 0.3 is 5.97 Å². The lowest BCUT2D eigenvalue weighted by molar-refractivity contribution is -0.225. The molecule has 78 valence electrons. The number of hydrogen-bond acceptors (Lipinski definition) is 3. The van der Waals surface area contributed by atoms with Crippen molar-refractivity contribution < 1.29 is 19.4 Å². The summed E-state index contributed by atoms with van der Waals surface area (Å²) in [4.78, 5) is 14.8. The molecule has 4 nitrogen and oxygen atoms in total. The molecular weight excluding hydrogens is 188 g/mol.